The maximum absolute atomic E-state index is 13.4. The van der Waals surface area contributed by atoms with Gasteiger partial charge in [0, 0.05) is 63.0 Å². The van der Waals surface area contributed by atoms with Crippen LogP contribution in [0.4, 0.5) is 11.4 Å². The van der Waals surface area contributed by atoms with Crippen LogP contribution in [0.2, 0.25) is 0 Å². The van der Waals surface area contributed by atoms with Gasteiger partial charge in [0.1, 0.15) is 11.5 Å². The largest absolute Gasteiger partial charge is 0.457 e. The number of methoxy groups -OCH3 is 1. The molecule has 202 valence electrons. The molecule has 0 aliphatic carbocycles. The Kier molecular flexibility index (Phi) is 8.24. The maximum atomic E-state index is 13.4. The van der Waals surface area contributed by atoms with E-state index in [-0.39, 0.29) is 5.91 Å². The van der Waals surface area contributed by atoms with Gasteiger partial charge in [0.2, 0.25) is 0 Å². The van der Waals surface area contributed by atoms with Gasteiger partial charge < -0.3 is 24.3 Å². The number of nitrogens with zero attached hydrogens (tertiary/aromatic N) is 4. The van der Waals surface area contributed by atoms with Crippen molar-refractivity contribution in [2.75, 3.05) is 56.7 Å². The summed E-state index contributed by atoms with van der Waals surface area (Å²) < 4.78 is 13.3. The van der Waals surface area contributed by atoms with E-state index in [1.165, 1.54) is 0 Å². The fraction of sp³-hybridized carbons (Fsp3) is 0.290. The number of para-hydroxylation sites is 1. The Morgan fingerprint density at radius 3 is 2.44 bits per heavy atom. The van der Waals surface area contributed by atoms with Crippen molar-refractivity contribution < 1.29 is 14.3 Å². The Labute approximate surface area is 229 Å². The van der Waals surface area contributed by atoms with Gasteiger partial charge in [-0.1, -0.05) is 24.3 Å². The van der Waals surface area contributed by atoms with E-state index in [2.05, 4.69) is 26.2 Å². The van der Waals surface area contributed by atoms with Crippen LogP contribution in [-0.2, 0) is 4.74 Å². The maximum Gasteiger partial charge on any atom is 0.255 e. The molecule has 1 saturated heterocycles. The van der Waals surface area contributed by atoms with E-state index < -0.39 is 0 Å². The highest BCUT2D eigenvalue weighted by molar-refractivity contribution is 6.05. The Bertz CT molecular complexity index is 1410. The minimum atomic E-state index is -0.192. The minimum absolute atomic E-state index is 0.192. The highest BCUT2D eigenvalue weighted by Crippen LogP contribution is 2.29. The minimum Gasteiger partial charge on any atom is -0.457 e. The van der Waals surface area contributed by atoms with Crippen LogP contribution >= 0.6 is 0 Å². The van der Waals surface area contributed by atoms with Gasteiger partial charge in [0.15, 0.2) is 0 Å². The molecule has 1 fully saturated rings. The van der Waals surface area contributed by atoms with Crippen LogP contribution in [0.3, 0.4) is 0 Å². The standard InChI is InChI=1S/C31H35N5O3/c1-23-9-10-25(17-30(23)39-29-7-5-4-6-8-29)31(37)33-26-18-27(20-28(19-26)36-21-24(2)32-22-36)35-13-11-34(12-14-35)15-16-38-3/h4-10,17-22H,11-16H2,1-3H3,(H,33,37). The van der Waals surface area contributed by atoms with Crippen LogP contribution in [0.5, 0.6) is 11.5 Å². The second-order valence-corrected chi connectivity index (χ2v) is 9.83. The first-order valence-corrected chi connectivity index (χ1v) is 13.3. The van der Waals surface area contributed by atoms with Crippen molar-refractivity contribution in [1.29, 1.82) is 0 Å². The van der Waals surface area contributed by atoms with Crippen molar-refractivity contribution in [3.05, 3.63) is 96.1 Å². The first-order chi connectivity index (χ1) is 19.0. The van der Waals surface area contributed by atoms with Crippen molar-refractivity contribution >= 4 is 17.3 Å². The number of ether oxygens (including phenoxy) is 2. The Morgan fingerprint density at radius 1 is 0.949 bits per heavy atom. The zero-order valence-electron chi connectivity index (χ0n) is 22.8. The van der Waals surface area contributed by atoms with Gasteiger partial charge in [-0.25, -0.2) is 4.98 Å². The van der Waals surface area contributed by atoms with Gasteiger partial charge in [-0.2, -0.15) is 0 Å². The number of hydrogen-bond donors (Lipinski definition) is 1. The number of hydrogen-bond acceptors (Lipinski definition) is 6. The van der Waals surface area contributed by atoms with Crippen molar-refractivity contribution in [3.63, 3.8) is 0 Å². The van der Waals surface area contributed by atoms with Crippen molar-refractivity contribution in [1.82, 2.24) is 14.5 Å². The van der Waals surface area contributed by atoms with E-state index in [0.29, 0.717) is 11.3 Å². The molecule has 0 spiro atoms. The number of aryl methyl sites for hydroxylation is 2. The van der Waals surface area contributed by atoms with Crippen molar-refractivity contribution in [3.8, 4) is 17.2 Å². The summed E-state index contributed by atoms with van der Waals surface area (Å²) in [5.41, 5.74) is 5.17. The first-order valence-electron chi connectivity index (χ1n) is 13.3. The highest BCUT2D eigenvalue weighted by atomic mass is 16.5. The predicted octanol–water partition coefficient (Wildman–Crippen LogP) is 5.30. The second-order valence-electron chi connectivity index (χ2n) is 9.83. The number of benzene rings is 3. The summed E-state index contributed by atoms with van der Waals surface area (Å²) in [6, 6.07) is 21.3. The number of carbonyl (C=O) groups is 1. The van der Waals surface area contributed by atoms with Crippen LogP contribution < -0.4 is 15.0 Å². The molecule has 0 unspecified atom stereocenters. The van der Waals surface area contributed by atoms with Gasteiger partial charge >= 0.3 is 0 Å². The lowest BCUT2D eigenvalue weighted by molar-refractivity contribution is 0.102. The summed E-state index contributed by atoms with van der Waals surface area (Å²) in [4.78, 5) is 22.6. The summed E-state index contributed by atoms with van der Waals surface area (Å²) in [5.74, 6) is 1.19. The van der Waals surface area contributed by atoms with E-state index in [9.17, 15) is 4.79 Å². The summed E-state index contributed by atoms with van der Waals surface area (Å²) >= 11 is 0. The fourth-order valence-corrected chi connectivity index (χ4v) is 4.68. The summed E-state index contributed by atoms with van der Waals surface area (Å²) in [6.45, 7) is 9.35. The van der Waals surface area contributed by atoms with E-state index in [4.69, 9.17) is 9.47 Å². The summed E-state index contributed by atoms with van der Waals surface area (Å²) in [6.07, 6.45) is 3.79. The van der Waals surface area contributed by atoms with Crippen LogP contribution in [0.25, 0.3) is 5.69 Å². The monoisotopic (exact) mass is 525 g/mol. The molecule has 1 aliphatic rings. The molecule has 0 bridgehead atoms. The molecule has 3 aromatic carbocycles. The van der Waals surface area contributed by atoms with Crippen LogP contribution in [0, 0.1) is 13.8 Å². The Balaban J connectivity index is 1.38. The molecule has 1 amide bonds. The Morgan fingerprint density at radius 2 is 1.72 bits per heavy atom. The molecule has 1 aromatic heterocycles. The van der Waals surface area contributed by atoms with E-state index >= 15 is 0 Å². The van der Waals surface area contributed by atoms with Crippen molar-refractivity contribution in [2.24, 2.45) is 0 Å². The highest BCUT2D eigenvalue weighted by Gasteiger charge is 2.19. The average molecular weight is 526 g/mol. The number of nitrogens with one attached hydrogen (secondary N) is 1. The predicted molar refractivity (Wildman–Crippen MR) is 154 cm³/mol. The second kappa shape index (κ2) is 12.1. The number of imidazole rings is 1. The van der Waals surface area contributed by atoms with Gasteiger partial charge in [-0.3, -0.25) is 9.69 Å². The lowest BCUT2D eigenvalue weighted by atomic mass is 10.1. The molecule has 1 N–H and O–H groups in total. The fourth-order valence-electron chi connectivity index (χ4n) is 4.68. The number of anilines is 2. The molecule has 8 nitrogen and oxygen atoms in total. The molecule has 1 aliphatic heterocycles. The molecule has 4 aromatic rings. The molecule has 8 heteroatoms. The van der Waals surface area contributed by atoms with Gasteiger partial charge in [-0.05, 0) is 61.9 Å². The number of rotatable bonds is 9. The van der Waals surface area contributed by atoms with Gasteiger partial charge in [0.25, 0.3) is 5.91 Å². The number of carbonyl (C=O) groups excluding carboxylic acids is 1. The van der Waals surface area contributed by atoms with Crippen LogP contribution in [0.15, 0.2) is 79.3 Å². The zero-order valence-corrected chi connectivity index (χ0v) is 22.8. The lowest BCUT2D eigenvalue weighted by Gasteiger charge is -2.36. The molecule has 0 radical (unpaired) electrons. The number of piperazine rings is 1. The molecule has 2 heterocycles. The SMILES string of the molecule is COCCN1CCN(c2cc(NC(=O)c3ccc(C)c(Oc4ccccc4)c3)cc(-n3cnc(C)c3)c2)CC1. The quantitative estimate of drug-likeness (QED) is 0.320. The molecule has 5 rings (SSSR count). The molecule has 0 atom stereocenters. The number of aromatic nitrogens is 2. The molecular weight excluding hydrogens is 490 g/mol. The Hall–Kier alpha value is -4.14. The van der Waals surface area contributed by atoms with E-state index in [0.717, 1.165) is 73.4 Å². The average Bonchev–Trinajstić information content (AvgIpc) is 3.40. The topological polar surface area (TPSA) is 71.9 Å². The van der Waals surface area contributed by atoms with Crippen LogP contribution in [-0.4, -0.2) is 66.8 Å². The molecular formula is C31H35N5O3. The smallest absolute Gasteiger partial charge is 0.255 e. The third-order valence-corrected chi connectivity index (χ3v) is 6.94. The summed E-state index contributed by atoms with van der Waals surface area (Å²) in [7, 11) is 1.74. The van der Waals surface area contributed by atoms with Crippen molar-refractivity contribution in [2.45, 2.75) is 13.8 Å². The van der Waals surface area contributed by atoms with Gasteiger partial charge in [-0.15, -0.1) is 0 Å². The third kappa shape index (κ3) is 6.66. The zero-order chi connectivity index (χ0) is 27.2. The molecule has 0 saturated carbocycles. The first kappa shape index (κ1) is 26.5. The number of amides is 1. The van der Waals surface area contributed by atoms with Crippen LogP contribution in [0.1, 0.15) is 21.6 Å². The van der Waals surface area contributed by atoms with E-state index in [1.54, 1.807) is 19.5 Å². The lowest BCUT2D eigenvalue weighted by Crippen LogP contribution is -2.47. The normalized spacial score (nSPS) is 13.9. The van der Waals surface area contributed by atoms with E-state index in [1.807, 2.05) is 79.2 Å². The van der Waals surface area contributed by atoms with Gasteiger partial charge in [0.05, 0.1) is 24.3 Å². The summed E-state index contributed by atoms with van der Waals surface area (Å²) in [5, 5.41) is 3.12. The molecule has 39 heavy (non-hydrogen) atoms. The third-order valence-electron chi connectivity index (χ3n) is 6.94.